The standard InChI is InChI=1S/2C18H18N4.2C10H8O2.2ClHO4.2Co/c2*1-4-10-19-16(7-1)13-22(14-17-8-2-5-11-20-17)15-18-9-3-6-12-21-18;2*11-9-5-7-3-1-2-4-8(7)6-10(9)12;2*2-1(3,4)5;;/h2*1-12H,13-15H2;2*1-6,11-12H;2*(H,2,3,4,5);;/q;;;;;;2*+3/p-6. The largest absolute Gasteiger partial charge is 3.00 e. The van der Waals surface area contributed by atoms with Gasteiger partial charge in [0.25, 0.3) is 0 Å². The number of pyridine rings is 6. The zero-order valence-corrected chi connectivity index (χ0v) is 45.5. The molecule has 10 aromatic rings. The molecule has 80 heavy (non-hydrogen) atoms. The van der Waals surface area contributed by atoms with E-state index in [-0.39, 0.29) is 33.6 Å². The Kier molecular flexibility index (Phi) is 29.6. The predicted molar refractivity (Wildman–Crippen MR) is 257 cm³/mol. The topological polar surface area (TPSA) is 361 Å². The molecule has 24 heteroatoms. The van der Waals surface area contributed by atoms with Crippen LogP contribution in [0.15, 0.2) is 219 Å². The van der Waals surface area contributed by atoms with E-state index >= 15 is 0 Å². The number of aromatic nitrogens is 6. The molecule has 416 valence electrons. The molecular formula is C56H48Cl2Co2N8O12. The average molecular weight is 1210 g/mol. The van der Waals surface area contributed by atoms with Gasteiger partial charge in [0, 0.05) is 76.4 Å². The van der Waals surface area contributed by atoms with Crippen molar-refractivity contribution in [3.8, 4) is 23.0 Å². The molecule has 0 amide bonds. The fourth-order valence-electron chi connectivity index (χ4n) is 7.06. The van der Waals surface area contributed by atoms with Crippen molar-refractivity contribution in [1.82, 2.24) is 39.7 Å². The third-order valence-electron chi connectivity index (χ3n) is 10.3. The van der Waals surface area contributed by atoms with Gasteiger partial charge in [-0.25, -0.2) is 37.3 Å². The molecule has 0 saturated heterocycles. The molecule has 0 spiro atoms. The summed E-state index contributed by atoms with van der Waals surface area (Å²) in [5.41, 5.74) is 6.30. The number of hydrogen-bond acceptors (Lipinski definition) is 20. The third kappa shape index (κ3) is 28.0. The Morgan fingerprint density at radius 2 is 0.412 bits per heavy atom. The quantitative estimate of drug-likeness (QED) is 0.136. The van der Waals surface area contributed by atoms with Gasteiger partial charge in [-0.15, -0.1) is 43.5 Å². The van der Waals surface area contributed by atoms with Gasteiger partial charge in [-0.05, 0) is 94.3 Å². The second-order valence-corrected chi connectivity index (χ2v) is 17.8. The van der Waals surface area contributed by atoms with Crippen LogP contribution in [0, 0.1) is 20.5 Å². The van der Waals surface area contributed by atoms with Crippen LogP contribution in [0.1, 0.15) is 34.2 Å². The van der Waals surface area contributed by atoms with Crippen molar-refractivity contribution in [3.63, 3.8) is 0 Å². The summed E-state index contributed by atoms with van der Waals surface area (Å²) in [5.74, 6) is -1.75. The van der Waals surface area contributed by atoms with Crippen LogP contribution >= 0.6 is 0 Å². The maximum absolute atomic E-state index is 10.9. The van der Waals surface area contributed by atoms with Gasteiger partial charge >= 0.3 is 33.6 Å². The molecule has 20 nitrogen and oxygen atoms in total. The predicted octanol–water partition coefficient (Wildman–Crippen LogP) is -1.40. The minimum absolute atomic E-state index is 0. The van der Waals surface area contributed by atoms with Gasteiger partial charge in [0.2, 0.25) is 0 Å². The summed E-state index contributed by atoms with van der Waals surface area (Å²) in [4.78, 5) is 31.1. The van der Waals surface area contributed by atoms with Crippen LogP contribution in [0.25, 0.3) is 21.5 Å². The van der Waals surface area contributed by atoms with E-state index in [2.05, 4.69) is 39.7 Å². The van der Waals surface area contributed by atoms with Gasteiger partial charge in [0.15, 0.2) is 0 Å². The normalized spacial score (nSPS) is 10.5. The molecule has 0 aliphatic carbocycles. The molecule has 0 aliphatic heterocycles. The molecular weight excluding hydrogens is 1170 g/mol. The minimum atomic E-state index is -4.94. The van der Waals surface area contributed by atoms with Crippen LogP contribution < -0.4 is 57.7 Å². The van der Waals surface area contributed by atoms with Crippen molar-refractivity contribution in [1.29, 1.82) is 0 Å². The van der Waals surface area contributed by atoms with Crippen molar-refractivity contribution in [2.24, 2.45) is 0 Å². The SMILES string of the molecule is [Co+3].[Co+3].[O-][Cl+3]([O-])([O-])[O-].[O-][Cl+3]([O-])([O-])[O-].[O-]c1cc2ccccc2cc1[O-].[O-]c1cc2ccccc2cc1[O-].c1ccc(CN(Cc2ccccn2)Cc2ccccn2)nc1.c1ccc(CN(Cc2ccccn2)Cc2ccccn2)nc1. The smallest absolute Gasteiger partial charge is 0.873 e. The van der Waals surface area contributed by atoms with Crippen molar-refractivity contribution < 1.29 is 112 Å². The molecule has 0 N–H and O–H groups in total. The van der Waals surface area contributed by atoms with Crippen molar-refractivity contribution in [2.75, 3.05) is 0 Å². The zero-order valence-electron chi connectivity index (χ0n) is 41.9. The van der Waals surface area contributed by atoms with Gasteiger partial charge in [0.1, 0.15) is 0 Å². The first-order valence-electron chi connectivity index (χ1n) is 23.2. The summed E-state index contributed by atoms with van der Waals surface area (Å²) in [6.45, 7) is 4.63. The second-order valence-electron chi connectivity index (χ2n) is 16.3. The first-order chi connectivity index (χ1) is 37.3. The van der Waals surface area contributed by atoms with Gasteiger partial charge in [-0.1, -0.05) is 109 Å². The van der Waals surface area contributed by atoms with Crippen LogP contribution in [0.2, 0.25) is 0 Å². The van der Waals surface area contributed by atoms with Crippen LogP contribution in [-0.2, 0) is 72.8 Å². The van der Waals surface area contributed by atoms with E-state index < -0.39 is 43.5 Å². The molecule has 10 rings (SSSR count). The minimum Gasteiger partial charge on any atom is -0.873 e. The van der Waals surface area contributed by atoms with Gasteiger partial charge < -0.3 is 20.4 Å². The van der Waals surface area contributed by atoms with E-state index in [0.29, 0.717) is 0 Å². The molecule has 0 bridgehead atoms. The summed E-state index contributed by atoms with van der Waals surface area (Å²) >= 11 is 0. The van der Waals surface area contributed by atoms with Gasteiger partial charge in [-0.2, -0.15) is 0 Å². The maximum Gasteiger partial charge on any atom is 3.00 e. The third-order valence-corrected chi connectivity index (χ3v) is 10.3. The summed E-state index contributed by atoms with van der Waals surface area (Å²) in [5, 5.41) is 47.0. The number of fused-ring (bicyclic) bond motifs is 2. The Balaban J connectivity index is 0.000000270. The van der Waals surface area contributed by atoms with E-state index in [4.69, 9.17) is 37.3 Å². The molecule has 0 unspecified atom stereocenters. The first-order valence-corrected chi connectivity index (χ1v) is 25.6. The molecule has 0 fully saturated rings. The Morgan fingerprint density at radius 1 is 0.263 bits per heavy atom. The van der Waals surface area contributed by atoms with Crippen molar-refractivity contribution in [3.05, 3.63) is 253 Å². The number of hydrogen-bond donors (Lipinski definition) is 0. The summed E-state index contributed by atoms with van der Waals surface area (Å²) in [7, 11) is -9.89. The average Bonchev–Trinajstić information content (AvgIpc) is 3.42. The maximum atomic E-state index is 10.9. The molecule has 0 saturated carbocycles. The van der Waals surface area contributed by atoms with E-state index in [1.807, 2.05) is 195 Å². The monoisotopic (exact) mass is 1210 g/mol. The van der Waals surface area contributed by atoms with E-state index in [0.717, 1.165) is 95.0 Å². The summed E-state index contributed by atoms with van der Waals surface area (Å²) in [6, 6.07) is 56.1. The Hall–Kier alpha value is -7.31. The fourth-order valence-corrected chi connectivity index (χ4v) is 7.06. The van der Waals surface area contributed by atoms with Crippen molar-refractivity contribution in [2.45, 2.75) is 39.3 Å². The number of halogens is 2. The Bertz CT molecular complexity index is 2760. The van der Waals surface area contributed by atoms with E-state index in [1.54, 1.807) is 0 Å². The second kappa shape index (κ2) is 35.3. The summed E-state index contributed by atoms with van der Waals surface area (Å²) in [6.07, 6.45) is 11.0. The first kappa shape index (κ1) is 67.0. The van der Waals surface area contributed by atoms with E-state index in [1.165, 1.54) is 24.3 Å². The molecule has 4 aromatic carbocycles. The van der Waals surface area contributed by atoms with E-state index in [9.17, 15) is 20.4 Å². The van der Waals surface area contributed by atoms with Crippen molar-refractivity contribution >= 4 is 21.5 Å². The Labute approximate surface area is 485 Å². The molecule has 0 aliphatic rings. The van der Waals surface area contributed by atoms with Crippen LogP contribution in [-0.4, -0.2) is 39.7 Å². The number of benzene rings is 4. The van der Waals surface area contributed by atoms with Gasteiger partial charge in [0.05, 0.1) is 34.2 Å². The van der Waals surface area contributed by atoms with Crippen LogP contribution in [0.4, 0.5) is 0 Å². The summed E-state index contributed by atoms with van der Waals surface area (Å²) < 4.78 is 67.9. The van der Waals surface area contributed by atoms with Crippen LogP contribution in [0.5, 0.6) is 23.0 Å². The number of rotatable bonds is 12. The van der Waals surface area contributed by atoms with Gasteiger partial charge in [-0.3, -0.25) is 39.7 Å². The molecule has 6 aromatic heterocycles. The molecule has 0 radical (unpaired) electrons. The van der Waals surface area contributed by atoms with Crippen LogP contribution in [0.3, 0.4) is 0 Å². The Morgan fingerprint density at radius 3 is 0.550 bits per heavy atom. The number of nitrogens with zero attached hydrogens (tertiary/aromatic N) is 8. The molecule has 0 atom stereocenters. The zero-order chi connectivity index (χ0) is 56.2. The fraction of sp³-hybridized carbons (Fsp3) is 0.107. The molecule has 6 heterocycles.